The molecule has 1 amide bonds. The van der Waals surface area contributed by atoms with E-state index < -0.39 is 0 Å². The summed E-state index contributed by atoms with van der Waals surface area (Å²) in [6.07, 6.45) is 2.09. The highest BCUT2D eigenvalue weighted by atomic mass is 35.5. The Kier molecular flexibility index (Phi) is 5.09. The predicted molar refractivity (Wildman–Crippen MR) is 109 cm³/mol. The summed E-state index contributed by atoms with van der Waals surface area (Å²) in [6.45, 7) is 2.48. The molecule has 0 atom stereocenters. The van der Waals surface area contributed by atoms with Crippen molar-refractivity contribution in [1.82, 2.24) is 4.90 Å². The molecule has 2 fully saturated rings. The van der Waals surface area contributed by atoms with Gasteiger partial charge in [0.15, 0.2) is 0 Å². The van der Waals surface area contributed by atoms with E-state index in [1.165, 1.54) is 0 Å². The number of hydrogen-bond donors (Lipinski definition) is 1. The molecule has 0 bridgehead atoms. The number of carbonyl (C=O) groups is 1. The standard InChI is InChI=1S/C20H21ClN4O3/c21-17-4-2-1-3-16(17)20(26)24-11-9-23(10-12-24)15-7-8-19(25(27)28)18(13-15)22-14-5-6-14/h1-4,7-8,13-14,22H,5-6,9-12H2. The molecule has 28 heavy (non-hydrogen) atoms. The molecule has 8 heteroatoms. The largest absolute Gasteiger partial charge is 0.377 e. The van der Waals surface area contributed by atoms with Gasteiger partial charge in [0.05, 0.1) is 15.5 Å². The van der Waals surface area contributed by atoms with Gasteiger partial charge in [0.1, 0.15) is 5.69 Å². The van der Waals surface area contributed by atoms with Crippen LogP contribution in [0.15, 0.2) is 42.5 Å². The lowest BCUT2D eigenvalue weighted by Gasteiger charge is -2.36. The minimum absolute atomic E-state index is 0.0648. The minimum atomic E-state index is -0.352. The van der Waals surface area contributed by atoms with Gasteiger partial charge >= 0.3 is 0 Å². The Morgan fingerprint density at radius 1 is 1.11 bits per heavy atom. The van der Waals surface area contributed by atoms with E-state index in [1.807, 2.05) is 6.07 Å². The number of amides is 1. The Labute approximate surface area is 168 Å². The molecule has 0 spiro atoms. The van der Waals surface area contributed by atoms with Gasteiger partial charge in [0.25, 0.3) is 11.6 Å². The molecule has 2 aromatic rings. The third-order valence-electron chi connectivity index (χ3n) is 5.15. The monoisotopic (exact) mass is 400 g/mol. The van der Waals surface area contributed by atoms with Gasteiger partial charge in [-0.15, -0.1) is 0 Å². The van der Waals surface area contributed by atoms with Crippen LogP contribution in [0.4, 0.5) is 17.1 Å². The van der Waals surface area contributed by atoms with E-state index >= 15 is 0 Å². The summed E-state index contributed by atoms with van der Waals surface area (Å²) in [6, 6.07) is 12.6. The van der Waals surface area contributed by atoms with Crippen LogP contribution in [0.1, 0.15) is 23.2 Å². The number of nitro benzene ring substituents is 1. The van der Waals surface area contributed by atoms with Crippen molar-refractivity contribution >= 4 is 34.6 Å². The summed E-state index contributed by atoms with van der Waals surface area (Å²) in [5.41, 5.74) is 2.12. The number of anilines is 2. The summed E-state index contributed by atoms with van der Waals surface area (Å²) < 4.78 is 0. The minimum Gasteiger partial charge on any atom is -0.377 e. The van der Waals surface area contributed by atoms with Crippen LogP contribution in [0.5, 0.6) is 0 Å². The number of nitrogens with zero attached hydrogens (tertiary/aromatic N) is 3. The molecule has 1 aliphatic carbocycles. The highest BCUT2D eigenvalue weighted by molar-refractivity contribution is 6.33. The molecule has 4 rings (SSSR count). The van der Waals surface area contributed by atoms with Crippen LogP contribution in [0, 0.1) is 10.1 Å². The van der Waals surface area contributed by atoms with Crippen molar-refractivity contribution in [3.8, 4) is 0 Å². The highest BCUT2D eigenvalue weighted by Crippen LogP contribution is 2.34. The first-order valence-electron chi connectivity index (χ1n) is 9.36. The average molecular weight is 401 g/mol. The third-order valence-corrected chi connectivity index (χ3v) is 5.48. The van der Waals surface area contributed by atoms with Gasteiger partial charge in [0, 0.05) is 44.0 Å². The van der Waals surface area contributed by atoms with Gasteiger partial charge in [-0.25, -0.2) is 0 Å². The topological polar surface area (TPSA) is 78.7 Å². The Morgan fingerprint density at radius 2 is 1.82 bits per heavy atom. The molecule has 7 nitrogen and oxygen atoms in total. The van der Waals surface area contributed by atoms with E-state index in [-0.39, 0.29) is 16.5 Å². The van der Waals surface area contributed by atoms with E-state index in [0.717, 1.165) is 18.5 Å². The third kappa shape index (κ3) is 3.89. The molecule has 1 aliphatic heterocycles. The van der Waals surface area contributed by atoms with Crippen LogP contribution in [0.25, 0.3) is 0 Å². The first kappa shape index (κ1) is 18.6. The fraction of sp³-hybridized carbons (Fsp3) is 0.350. The normalized spacial score (nSPS) is 16.8. The molecule has 2 aromatic carbocycles. The predicted octanol–water partition coefficient (Wildman–Crippen LogP) is 3.78. The summed E-state index contributed by atoms with van der Waals surface area (Å²) in [5, 5.41) is 15.0. The van der Waals surface area contributed by atoms with Crippen LogP contribution in [-0.2, 0) is 0 Å². The van der Waals surface area contributed by atoms with Gasteiger partial charge < -0.3 is 15.1 Å². The molecule has 0 radical (unpaired) electrons. The number of benzene rings is 2. The van der Waals surface area contributed by atoms with Crippen molar-refractivity contribution in [2.75, 3.05) is 36.4 Å². The van der Waals surface area contributed by atoms with Gasteiger partial charge in [-0.2, -0.15) is 0 Å². The number of carbonyl (C=O) groups excluding carboxylic acids is 1. The van der Waals surface area contributed by atoms with Crippen molar-refractivity contribution in [1.29, 1.82) is 0 Å². The molecular formula is C20H21ClN4O3. The fourth-order valence-electron chi connectivity index (χ4n) is 3.42. The highest BCUT2D eigenvalue weighted by Gasteiger charge is 2.27. The van der Waals surface area contributed by atoms with Crippen LogP contribution < -0.4 is 10.2 Å². The molecule has 1 saturated carbocycles. The number of rotatable bonds is 5. The van der Waals surface area contributed by atoms with E-state index in [4.69, 9.17) is 11.6 Å². The lowest BCUT2D eigenvalue weighted by atomic mass is 10.1. The molecule has 0 aromatic heterocycles. The van der Waals surface area contributed by atoms with E-state index in [9.17, 15) is 14.9 Å². The van der Waals surface area contributed by atoms with Crippen LogP contribution in [-0.4, -0.2) is 48.0 Å². The Balaban J connectivity index is 1.45. The number of hydrogen-bond acceptors (Lipinski definition) is 5. The Morgan fingerprint density at radius 3 is 2.46 bits per heavy atom. The van der Waals surface area contributed by atoms with E-state index in [2.05, 4.69) is 10.2 Å². The molecule has 2 aliphatic rings. The second kappa shape index (κ2) is 7.67. The summed E-state index contributed by atoms with van der Waals surface area (Å²) in [4.78, 5) is 27.6. The van der Waals surface area contributed by atoms with Crippen LogP contribution >= 0.6 is 11.6 Å². The molecule has 1 heterocycles. The Bertz CT molecular complexity index is 908. The van der Waals surface area contributed by atoms with Crippen molar-refractivity contribution < 1.29 is 9.72 Å². The zero-order valence-electron chi connectivity index (χ0n) is 15.3. The number of nitro groups is 1. The Hall–Kier alpha value is -2.80. The maximum atomic E-state index is 12.7. The maximum absolute atomic E-state index is 12.7. The van der Waals surface area contributed by atoms with E-state index in [0.29, 0.717) is 48.5 Å². The lowest BCUT2D eigenvalue weighted by molar-refractivity contribution is -0.384. The van der Waals surface area contributed by atoms with Crippen LogP contribution in [0.2, 0.25) is 5.02 Å². The van der Waals surface area contributed by atoms with Gasteiger partial charge in [-0.3, -0.25) is 14.9 Å². The van der Waals surface area contributed by atoms with Gasteiger partial charge in [-0.05, 0) is 37.1 Å². The van der Waals surface area contributed by atoms with Crippen LogP contribution in [0.3, 0.4) is 0 Å². The maximum Gasteiger partial charge on any atom is 0.292 e. The lowest BCUT2D eigenvalue weighted by Crippen LogP contribution is -2.48. The molecule has 0 unspecified atom stereocenters. The number of halogens is 1. The second-order valence-corrected chi connectivity index (χ2v) is 7.54. The number of piperazine rings is 1. The van der Waals surface area contributed by atoms with E-state index in [1.54, 1.807) is 41.3 Å². The smallest absolute Gasteiger partial charge is 0.292 e. The number of nitrogens with one attached hydrogen (secondary N) is 1. The SMILES string of the molecule is O=C(c1ccccc1Cl)N1CCN(c2ccc([N+](=O)[O-])c(NC3CC3)c2)CC1. The van der Waals surface area contributed by atoms with Crippen molar-refractivity contribution in [2.45, 2.75) is 18.9 Å². The van der Waals surface area contributed by atoms with Crippen molar-refractivity contribution in [3.05, 3.63) is 63.2 Å². The molecule has 1 N–H and O–H groups in total. The van der Waals surface area contributed by atoms with Gasteiger partial charge in [-0.1, -0.05) is 23.7 Å². The average Bonchev–Trinajstić information content (AvgIpc) is 3.52. The summed E-state index contributed by atoms with van der Waals surface area (Å²) in [7, 11) is 0. The zero-order valence-corrected chi connectivity index (χ0v) is 16.1. The quantitative estimate of drug-likeness (QED) is 0.610. The molecular weight excluding hydrogens is 380 g/mol. The second-order valence-electron chi connectivity index (χ2n) is 7.14. The first-order valence-corrected chi connectivity index (χ1v) is 9.74. The summed E-state index contributed by atoms with van der Waals surface area (Å²) in [5.74, 6) is -0.0648. The molecule has 1 saturated heterocycles. The summed E-state index contributed by atoms with van der Waals surface area (Å²) >= 11 is 6.15. The van der Waals surface area contributed by atoms with Crippen molar-refractivity contribution in [2.24, 2.45) is 0 Å². The van der Waals surface area contributed by atoms with Gasteiger partial charge in [0.2, 0.25) is 0 Å². The first-order chi connectivity index (χ1) is 13.5. The zero-order chi connectivity index (χ0) is 19.7. The fourth-order valence-corrected chi connectivity index (χ4v) is 3.63. The van der Waals surface area contributed by atoms with Crippen molar-refractivity contribution in [3.63, 3.8) is 0 Å². The molecule has 146 valence electrons.